The highest BCUT2D eigenvalue weighted by Gasteiger charge is 2.23. The van der Waals surface area contributed by atoms with E-state index in [1.54, 1.807) is 25.1 Å². The van der Waals surface area contributed by atoms with E-state index in [0.717, 1.165) is 5.69 Å². The van der Waals surface area contributed by atoms with Crippen molar-refractivity contribution in [1.29, 1.82) is 0 Å². The Balaban J connectivity index is 1.83. The lowest BCUT2D eigenvalue weighted by molar-refractivity contribution is -0.385. The normalized spacial score (nSPS) is 13.8. The molecule has 8 nitrogen and oxygen atoms in total. The number of halogens is 1. The van der Waals surface area contributed by atoms with Gasteiger partial charge in [-0.05, 0) is 31.2 Å². The predicted octanol–water partition coefficient (Wildman–Crippen LogP) is 3.87. The molecule has 0 unspecified atom stereocenters. The summed E-state index contributed by atoms with van der Waals surface area (Å²) in [5.74, 6) is -0.319. The topological polar surface area (TPSA) is 95.8 Å². The Kier molecular flexibility index (Phi) is 6.56. The number of nitrogens with one attached hydrogen (secondary N) is 1. The fourth-order valence-electron chi connectivity index (χ4n) is 3.56. The molecule has 1 aliphatic rings. The van der Waals surface area contributed by atoms with Gasteiger partial charge in [-0.25, -0.2) is 0 Å². The van der Waals surface area contributed by atoms with Crippen LogP contribution in [0.15, 0.2) is 36.4 Å². The molecule has 0 spiro atoms. The zero-order valence-electron chi connectivity index (χ0n) is 16.9. The molecule has 0 bridgehead atoms. The molecule has 0 aliphatic carbocycles. The maximum Gasteiger partial charge on any atom is 0.273 e. The number of nitrogens with zero attached hydrogens (tertiary/aromatic N) is 3. The summed E-state index contributed by atoms with van der Waals surface area (Å²) >= 11 is 6.15. The van der Waals surface area contributed by atoms with Crippen LogP contribution in [0.4, 0.5) is 17.1 Å². The fraction of sp³-hybridized carbons (Fsp3) is 0.333. The average Bonchev–Trinajstić information content (AvgIpc) is 2.73. The zero-order chi connectivity index (χ0) is 21.8. The number of anilines is 2. The molecule has 1 saturated heterocycles. The third-order valence-electron chi connectivity index (χ3n) is 5.23. The van der Waals surface area contributed by atoms with E-state index >= 15 is 0 Å². The second-order valence-electron chi connectivity index (χ2n) is 7.04. The molecule has 2 aromatic rings. The molecule has 9 heteroatoms. The van der Waals surface area contributed by atoms with Crippen molar-refractivity contribution in [3.63, 3.8) is 0 Å². The van der Waals surface area contributed by atoms with E-state index < -0.39 is 10.8 Å². The van der Waals surface area contributed by atoms with Crippen LogP contribution in [0.2, 0.25) is 5.02 Å². The molecular formula is C21H23ClN4O4. The first-order valence-corrected chi connectivity index (χ1v) is 10.1. The van der Waals surface area contributed by atoms with Crippen molar-refractivity contribution in [2.75, 3.05) is 36.4 Å². The van der Waals surface area contributed by atoms with E-state index in [1.165, 1.54) is 12.1 Å². The maximum atomic E-state index is 12.9. The van der Waals surface area contributed by atoms with Gasteiger partial charge >= 0.3 is 0 Å². The van der Waals surface area contributed by atoms with Gasteiger partial charge in [-0.15, -0.1) is 0 Å². The van der Waals surface area contributed by atoms with E-state index in [1.807, 2.05) is 17.9 Å². The van der Waals surface area contributed by atoms with Crippen LogP contribution in [0.25, 0.3) is 0 Å². The van der Waals surface area contributed by atoms with Crippen molar-refractivity contribution in [2.24, 2.45) is 0 Å². The Labute approximate surface area is 179 Å². The number of nitro benzene ring substituents is 1. The summed E-state index contributed by atoms with van der Waals surface area (Å²) in [5, 5.41) is 14.5. The maximum absolute atomic E-state index is 12.9. The van der Waals surface area contributed by atoms with Gasteiger partial charge in [0.2, 0.25) is 5.91 Å². The van der Waals surface area contributed by atoms with Gasteiger partial charge in [-0.2, -0.15) is 0 Å². The second kappa shape index (κ2) is 9.13. The van der Waals surface area contributed by atoms with Gasteiger partial charge in [0.25, 0.3) is 11.6 Å². The molecule has 2 amide bonds. The van der Waals surface area contributed by atoms with Crippen LogP contribution in [-0.4, -0.2) is 47.8 Å². The molecular weight excluding hydrogens is 408 g/mol. The van der Waals surface area contributed by atoms with Crippen molar-refractivity contribution in [2.45, 2.75) is 20.3 Å². The summed E-state index contributed by atoms with van der Waals surface area (Å²) in [6.07, 6.45) is 0.477. The van der Waals surface area contributed by atoms with Gasteiger partial charge in [0.15, 0.2) is 0 Å². The number of benzene rings is 2. The number of piperazine rings is 1. The van der Waals surface area contributed by atoms with Gasteiger partial charge < -0.3 is 15.1 Å². The smallest absolute Gasteiger partial charge is 0.273 e. The molecule has 3 rings (SSSR count). The van der Waals surface area contributed by atoms with E-state index in [2.05, 4.69) is 10.2 Å². The molecule has 1 N–H and O–H groups in total. The van der Waals surface area contributed by atoms with Crippen molar-refractivity contribution < 1.29 is 14.5 Å². The summed E-state index contributed by atoms with van der Waals surface area (Å²) in [4.78, 5) is 39.4. The molecule has 0 radical (unpaired) electrons. The highest BCUT2D eigenvalue weighted by Crippen LogP contribution is 2.31. The van der Waals surface area contributed by atoms with Crippen LogP contribution < -0.4 is 10.2 Å². The Bertz CT molecular complexity index is 987. The highest BCUT2D eigenvalue weighted by atomic mass is 35.5. The predicted molar refractivity (Wildman–Crippen MR) is 116 cm³/mol. The Morgan fingerprint density at radius 2 is 1.87 bits per heavy atom. The van der Waals surface area contributed by atoms with E-state index in [4.69, 9.17) is 11.6 Å². The van der Waals surface area contributed by atoms with Gasteiger partial charge in [0.05, 0.1) is 16.3 Å². The number of carbonyl (C=O) groups excluding carboxylic acids is 2. The Morgan fingerprint density at radius 1 is 1.17 bits per heavy atom. The second-order valence-corrected chi connectivity index (χ2v) is 7.48. The third-order valence-corrected chi connectivity index (χ3v) is 5.46. The monoisotopic (exact) mass is 430 g/mol. The van der Waals surface area contributed by atoms with Crippen LogP contribution >= 0.6 is 11.6 Å². The summed E-state index contributed by atoms with van der Waals surface area (Å²) in [7, 11) is 0. The summed E-state index contributed by atoms with van der Waals surface area (Å²) < 4.78 is 0. The van der Waals surface area contributed by atoms with Crippen LogP contribution in [0, 0.1) is 17.0 Å². The molecule has 0 atom stereocenters. The number of hydrogen-bond acceptors (Lipinski definition) is 5. The molecule has 1 heterocycles. The standard InChI is InChI=1S/C21H23ClN4O4/c1-3-20(27)25-11-9-24(10-12-25)19-8-7-15(22)13-17(19)23-21(28)16-5-4-6-18(14(16)2)26(29)30/h4-8,13H,3,9-12H2,1-2H3,(H,23,28). The largest absolute Gasteiger partial charge is 0.366 e. The minimum Gasteiger partial charge on any atom is -0.366 e. The third kappa shape index (κ3) is 4.54. The van der Waals surface area contributed by atoms with Crippen molar-refractivity contribution in [3.8, 4) is 0 Å². The lowest BCUT2D eigenvalue weighted by atomic mass is 10.1. The average molecular weight is 431 g/mol. The zero-order valence-corrected chi connectivity index (χ0v) is 17.6. The number of hydrogen-bond donors (Lipinski definition) is 1. The van der Waals surface area contributed by atoms with Gasteiger partial charge in [0.1, 0.15) is 0 Å². The van der Waals surface area contributed by atoms with Crippen molar-refractivity contribution in [3.05, 3.63) is 62.7 Å². The fourth-order valence-corrected chi connectivity index (χ4v) is 3.73. The lowest BCUT2D eigenvalue weighted by Crippen LogP contribution is -2.48. The molecule has 1 aliphatic heterocycles. The summed E-state index contributed by atoms with van der Waals surface area (Å²) in [5.41, 5.74) is 1.74. The van der Waals surface area contributed by atoms with Crippen LogP contribution in [0.5, 0.6) is 0 Å². The number of rotatable bonds is 5. The van der Waals surface area contributed by atoms with Gasteiger partial charge in [-0.3, -0.25) is 19.7 Å². The quantitative estimate of drug-likeness (QED) is 0.573. The minimum atomic E-state index is -0.506. The first-order chi connectivity index (χ1) is 14.3. The first kappa shape index (κ1) is 21.6. The molecule has 30 heavy (non-hydrogen) atoms. The van der Waals surface area contributed by atoms with Crippen LogP contribution in [0.3, 0.4) is 0 Å². The number of carbonyl (C=O) groups is 2. The molecule has 158 valence electrons. The van der Waals surface area contributed by atoms with E-state index in [-0.39, 0.29) is 17.2 Å². The minimum absolute atomic E-state index is 0.106. The Morgan fingerprint density at radius 3 is 2.50 bits per heavy atom. The number of amides is 2. The molecule has 0 saturated carbocycles. The SMILES string of the molecule is CCC(=O)N1CCN(c2ccc(Cl)cc2NC(=O)c2cccc([N+](=O)[O-])c2C)CC1. The van der Waals surface area contributed by atoms with Crippen molar-refractivity contribution in [1.82, 2.24) is 4.90 Å². The molecule has 2 aromatic carbocycles. The van der Waals surface area contributed by atoms with Gasteiger partial charge in [0, 0.05) is 54.8 Å². The number of nitro groups is 1. The van der Waals surface area contributed by atoms with Crippen molar-refractivity contribution >= 4 is 40.5 Å². The van der Waals surface area contributed by atoms with Gasteiger partial charge in [-0.1, -0.05) is 24.6 Å². The van der Waals surface area contributed by atoms with E-state index in [9.17, 15) is 19.7 Å². The highest BCUT2D eigenvalue weighted by molar-refractivity contribution is 6.31. The summed E-state index contributed by atoms with van der Waals surface area (Å²) in [6.45, 7) is 5.87. The van der Waals surface area contributed by atoms with Crippen LogP contribution in [0.1, 0.15) is 29.3 Å². The molecule has 0 aromatic heterocycles. The summed E-state index contributed by atoms with van der Waals surface area (Å²) in [6, 6.07) is 9.64. The van der Waals surface area contributed by atoms with E-state index in [0.29, 0.717) is 48.9 Å². The Hall–Kier alpha value is -3.13. The van der Waals surface area contributed by atoms with Crippen LogP contribution in [-0.2, 0) is 4.79 Å². The first-order valence-electron chi connectivity index (χ1n) is 9.69. The lowest BCUT2D eigenvalue weighted by Gasteiger charge is -2.37. The molecule has 1 fully saturated rings.